The average molecular weight is 373 g/mol. The first-order valence-corrected chi connectivity index (χ1v) is 10.5. The molecule has 2 N–H and O–H groups in total. The highest BCUT2D eigenvalue weighted by Crippen LogP contribution is 2.65. The van der Waals surface area contributed by atoms with E-state index in [1.165, 1.54) is 12.5 Å². The van der Waals surface area contributed by atoms with Crippen molar-refractivity contribution in [1.29, 1.82) is 0 Å². The van der Waals surface area contributed by atoms with Gasteiger partial charge in [-0.1, -0.05) is 31.4 Å². The monoisotopic (exact) mass is 372 g/mol. The molecule has 0 aliphatic heterocycles. The maximum absolute atomic E-state index is 11.2. The molecule has 3 saturated carbocycles. The summed E-state index contributed by atoms with van der Waals surface area (Å²) in [7, 11) is 0. The van der Waals surface area contributed by atoms with E-state index < -0.39 is 0 Å². The number of hydrogen-bond acceptors (Lipinski definition) is 4. The van der Waals surface area contributed by atoms with Crippen LogP contribution in [0.5, 0.6) is 0 Å². The zero-order valence-corrected chi connectivity index (χ0v) is 16.7. The molecule has 0 bridgehead atoms. The molecule has 0 saturated heterocycles. The molecule has 3 fully saturated rings. The molecule has 4 rings (SSSR count). The molecule has 27 heavy (non-hydrogen) atoms. The van der Waals surface area contributed by atoms with E-state index in [1.807, 2.05) is 0 Å². The lowest BCUT2D eigenvalue weighted by atomic mass is 9.46. The van der Waals surface area contributed by atoms with Crippen LogP contribution in [0.3, 0.4) is 0 Å². The Morgan fingerprint density at radius 3 is 2.67 bits per heavy atom. The first-order chi connectivity index (χ1) is 12.8. The first kappa shape index (κ1) is 19.0. The molecule has 3 unspecified atom stereocenters. The molecule has 0 spiro atoms. The van der Waals surface area contributed by atoms with Crippen molar-refractivity contribution in [2.45, 2.75) is 77.9 Å². The van der Waals surface area contributed by atoms with Gasteiger partial charge in [0.05, 0.1) is 12.2 Å². The van der Waals surface area contributed by atoms with Crippen LogP contribution < -0.4 is 0 Å². The quantitative estimate of drug-likeness (QED) is 0.388. The summed E-state index contributed by atoms with van der Waals surface area (Å²) in [4.78, 5) is 11.2. The fourth-order valence-corrected chi connectivity index (χ4v) is 6.94. The van der Waals surface area contributed by atoms with Crippen molar-refractivity contribution in [2.75, 3.05) is 0 Å². The normalized spacial score (nSPS) is 48.3. The predicted octanol–water partition coefficient (Wildman–Crippen LogP) is 3.42. The van der Waals surface area contributed by atoms with Gasteiger partial charge in [-0.2, -0.15) is 0 Å². The van der Waals surface area contributed by atoms with Gasteiger partial charge in [-0.25, -0.2) is 0 Å². The van der Waals surface area contributed by atoms with Gasteiger partial charge in [0, 0.05) is 12.8 Å². The second-order valence-corrected chi connectivity index (χ2v) is 9.80. The van der Waals surface area contributed by atoms with E-state index in [0.29, 0.717) is 17.8 Å². The van der Waals surface area contributed by atoms with Gasteiger partial charge >= 0.3 is 5.97 Å². The van der Waals surface area contributed by atoms with E-state index in [4.69, 9.17) is 4.74 Å². The first-order valence-electron chi connectivity index (χ1n) is 10.5. The number of rotatable bonds is 0. The minimum atomic E-state index is -0.384. The molecular weight excluding hydrogens is 340 g/mol. The highest BCUT2D eigenvalue weighted by atomic mass is 16.5. The van der Waals surface area contributed by atoms with E-state index in [2.05, 4.69) is 32.0 Å². The van der Waals surface area contributed by atoms with E-state index in [0.717, 1.165) is 44.9 Å². The summed E-state index contributed by atoms with van der Waals surface area (Å²) in [6, 6.07) is 0. The van der Waals surface area contributed by atoms with Crippen molar-refractivity contribution in [3.8, 4) is 12.0 Å². The summed E-state index contributed by atoms with van der Waals surface area (Å²) >= 11 is 0. The lowest BCUT2D eigenvalue weighted by Crippen LogP contribution is -2.53. The van der Waals surface area contributed by atoms with Gasteiger partial charge in [-0.05, 0) is 73.5 Å². The van der Waals surface area contributed by atoms with Crippen LogP contribution in [0.2, 0.25) is 0 Å². The van der Waals surface area contributed by atoms with Gasteiger partial charge < -0.3 is 14.9 Å². The molecule has 148 valence electrons. The van der Waals surface area contributed by atoms with Crippen LogP contribution in [0.15, 0.2) is 11.6 Å². The lowest BCUT2D eigenvalue weighted by Gasteiger charge is -2.58. The zero-order valence-electron chi connectivity index (χ0n) is 16.7. The zero-order chi connectivity index (χ0) is 19.4. The maximum Gasteiger partial charge on any atom is 0.316 e. The smallest absolute Gasteiger partial charge is 0.316 e. The van der Waals surface area contributed by atoms with Crippen LogP contribution in [-0.2, 0) is 9.53 Å². The minimum Gasteiger partial charge on any atom is -0.393 e. The Morgan fingerprint density at radius 2 is 1.93 bits per heavy atom. The standard InChI is InChI=1S/C23H32O4/c1-14(24)27-11-8-15-12-16-13-17(25)6-9-22(16,2)19-7-10-23(3)18(21(15)19)4-5-20(23)26/h12,15,17-21,25-26H,4-7,9-10,13H2,1-3H3/t15?,17?,18-,19+,20?,21-,22-,23-/m0/s1. The summed E-state index contributed by atoms with van der Waals surface area (Å²) in [5.41, 5.74) is 1.43. The Kier molecular flexibility index (Phi) is 4.68. The van der Waals surface area contributed by atoms with Crippen LogP contribution >= 0.6 is 0 Å². The molecule has 0 amide bonds. The summed E-state index contributed by atoms with van der Waals surface area (Å²) in [5, 5.41) is 20.9. The van der Waals surface area contributed by atoms with E-state index in [9.17, 15) is 15.0 Å². The van der Waals surface area contributed by atoms with E-state index in [-0.39, 0.29) is 34.9 Å². The summed E-state index contributed by atoms with van der Waals surface area (Å²) in [6.45, 7) is 6.01. The van der Waals surface area contributed by atoms with Gasteiger partial charge in [-0.15, -0.1) is 0 Å². The van der Waals surface area contributed by atoms with Crippen LogP contribution in [0.1, 0.15) is 65.7 Å². The molecule has 0 radical (unpaired) electrons. The topological polar surface area (TPSA) is 66.8 Å². The molecule has 4 aliphatic carbocycles. The third-order valence-corrected chi connectivity index (χ3v) is 8.50. The Morgan fingerprint density at radius 1 is 1.15 bits per heavy atom. The molecule has 0 aromatic rings. The van der Waals surface area contributed by atoms with Gasteiger partial charge in [-0.3, -0.25) is 4.79 Å². The SMILES string of the molecule is CC(=O)OC#CC1C=C2CC(O)CC[C@]2(C)[C@@H]2CC[C@]3(C)C(O)CC[C@H]3[C@H]12. The third-order valence-electron chi connectivity index (χ3n) is 8.50. The molecular formula is C23H32O4. The van der Waals surface area contributed by atoms with Crippen molar-refractivity contribution in [2.24, 2.45) is 34.5 Å². The third kappa shape index (κ3) is 2.95. The number of fused-ring (bicyclic) bond motifs is 5. The second kappa shape index (κ2) is 6.64. The van der Waals surface area contributed by atoms with Gasteiger partial charge in [0.1, 0.15) is 6.11 Å². The lowest BCUT2D eigenvalue weighted by molar-refractivity contribution is -0.134. The number of allylic oxidation sites excluding steroid dienone is 1. The van der Waals surface area contributed by atoms with Crippen LogP contribution in [0.4, 0.5) is 0 Å². The number of esters is 1. The molecule has 0 aromatic heterocycles. The Labute approximate surface area is 162 Å². The predicted molar refractivity (Wildman–Crippen MR) is 102 cm³/mol. The van der Waals surface area contributed by atoms with Crippen molar-refractivity contribution in [3.05, 3.63) is 11.6 Å². The fraction of sp³-hybridized carbons (Fsp3) is 0.783. The molecule has 0 aromatic carbocycles. The molecule has 8 atom stereocenters. The highest BCUT2D eigenvalue weighted by molar-refractivity contribution is 5.67. The summed E-state index contributed by atoms with van der Waals surface area (Å²) < 4.78 is 4.94. The number of carbonyl (C=O) groups is 1. The Hall–Kier alpha value is -1.31. The Balaban J connectivity index is 1.75. The number of aliphatic hydroxyl groups is 2. The van der Waals surface area contributed by atoms with Gasteiger partial charge in [0.2, 0.25) is 0 Å². The van der Waals surface area contributed by atoms with Crippen molar-refractivity contribution in [3.63, 3.8) is 0 Å². The number of hydrogen-bond donors (Lipinski definition) is 2. The number of carbonyl (C=O) groups excluding carboxylic acids is 1. The Bertz CT molecular complexity index is 716. The maximum atomic E-state index is 11.2. The van der Waals surface area contributed by atoms with Gasteiger partial charge in [0.15, 0.2) is 0 Å². The largest absolute Gasteiger partial charge is 0.393 e. The molecule has 4 nitrogen and oxygen atoms in total. The van der Waals surface area contributed by atoms with Crippen LogP contribution in [0.25, 0.3) is 0 Å². The highest BCUT2D eigenvalue weighted by Gasteiger charge is 2.60. The second-order valence-electron chi connectivity index (χ2n) is 9.80. The fourth-order valence-electron chi connectivity index (χ4n) is 6.94. The molecule has 0 heterocycles. The summed E-state index contributed by atoms with van der Waals surface area (Å²) in [5.74, 6) is 4.22. The number of ether oxygens (including phenoxy) is 1. The van der Waals surface area contributed by atoms with Crippen molar-refractivity contribution in [1.82, 2.24) is 0 Å². The van der Waals surface area contributed by atoms with Crippen LogP contribution in [-0.4, -0.2) is 28.4 Å². The van der Waals surface area contributed by atoms with Crippen molar-refractivity contribution >= 4 is 5.97 Å². The van der Waals surface area contributed by atoms with Gasteiger partial charge in [0.25, 0.3) is 0 Å². The molecule has 4 heteroatoms. The van der Waals surface area contributed by atoms with E-state index in [1.54, 1.807) is 0 Å². The minimum absolute atomic E-state index is 0.0256. The average Bonchev–Trinajstić information content (AvgIpc) is 2.91. The van der Waals surface area contributed by atoms with E-state index >= 15 is 0 Å². The van der Waals surface area contributed by atoms with Crippen molar-refractivity contribution < 1.29 is 19.7 Å². The van der Waals surface area contributed by atoms with Crippen LogP contribution in [0, 0.1) is 46.5 Å². The number of aliphatic hydroxyl groups excluding tert-OH is 2. The molecule has 4 aliphatic rings. The summed E-state index contributed by atoms with van der Waals surface area (Å²) in [6.07, 6.45) is 11.1.